The van der Waals surface area contributed by atoms with Crippen molar-refractivity contribution in [1.29, 1.82) is 0 Å². The predicted octanol–water partition coefficient (Wildman–Crippen LogP) is 2.17. The van der Waals surface area contributed by atoms with Crippen LogP contribution < -0.4 is 5.56 Å². The Morgan fingerprint density at radius 1 is 1.38 bits per heavy atom. The van der Waals surface area contributed by atoms with Crippen LogP contribution in [0.1, 0.15) is 30.2 Å². The van der Waals surface area contributed by atoms with E-state index in [1.54, 1.807) is 13.8 Å². The van der Waals surface area contributed by atoms with Crippen LogP contribution >= 0.6 is 0 Å². The molecule has 0 aliphatic rings. The number of nitrogens with zero attached hydrogens (tertiary/aromatic N) is 1. The lowest BCUT2D eigenvalue weighted by Crippen LogP contribution is -2.33. The molecule has 88 valence electrons. The molecule has 0 unspecified atom stereocenters. The number of carbonyl (C=O) groups excluding carboxylic acids is 1. The lowest BCUT2D eigenvalue weighted by atomic mass is 10.1. The largest absolute Gasteiger partial charge is 0.455 e. The van der Waals surface area contributed by atoms with Gasteiger partial charge in [0, 0.05) is 12.2 Å². The Morgan fingerprint density at radius 3 is 2.38 bits per heavy atom. The quantitative estimate of drug-likeness (QED) is 0.734. The lowest BCUT2D eigenvalue weighted by Gasteiger charge is -2.11. The molecular weight excluding hydrogens is 223 g/mol. The minimum atomic E-state index is -5.02. The number of halogens is 3. The summed E-state index contributed by atoms with van der Waals surface area (Å²) in [6.45, 7) is 3.28. The summed E-state index contributed by atoms with van der Waals surface area (Å²) in [5, 5.41) is 0. The smallest absolute Gasteiger partial charge is 0.312 e. The molecular formula is C10H10F3NO2. The number of pyridine rings is 1. The van der Waals surface area contributed by atoms with Gasteiger partial charge in [0.15, 0.2) is 0 Å². The van der Waals surface area contributed by atoms with Crippen LogP contribution in [0.25, 0.3) is 0 Å². The fourth-order valence-corrected chi connectivity index (χ4v) is 1.24. The zero-order valence-electron chi connectivity index (χ0n) is 8.71. The summed E-state index contributed by atoms with van der Waals surface area (Å²) in [6, 6.07) is 1.84. The van der Waals surface area contributed by atoms with Crippen LogP contribution in [0.5, 0.6) is 0 Å². The molecule has 1 heterocycles. The molecule has 0 aliphatic heterocycles. The van der Waals surface area contributed by atoms with Crippen molar-refractivity contribution < 1.29 is 18.0 Å². The second-order valence-electron chi connectivity index (χ2n) is 3.55. The summed E-state index contributed by atoms with van der Waals surface area (Å²) in [5.74, 6) is -2.10. The Kier molecular flexibility index (Phi) is 3.21. The first-order valence-corrected chi connectivity index (χ1v) is 4.58. The van der Waals surface area contributed by atoms with Crippen LogP contribution in [-0.4, -0.2) is 16.5 Å². The van der Waals surface area contributed by atoms with E-state index in [-0.39, 0.29) is 6.04 Å². The Hall–Kier alpha value is -1.59. The highest BCUT2D eigenvalue weighted by atomic mass is 19.4. The Balaban J connectivity index is 3.33. The van der Waals surface area contributed by atoms with Gasteiger partial charge in [0.2, 0.25) is 0 Å². The molecule has 1 aromatic rings. The van der Waals surface area contributed by atoms with Crippen molar-refractivity contribution in [3.63, 3.8) is 0 Å². The van der Waals surface area contributed by atoms with Crippen molar-refractivity contribution in [3.8, 4) is 0 Å². The number of rotatable bonds is 2. The van der Waals surface area contributed by atoms with Crippen LogP contribution in [0.2, 0.25) is 0 Å². The molecule has 0 aromatic carbocycles. The SMILES string of the molecule is CC(C)n1cccc(C(=O)C(F)(F)F)c1=O. The second-order valence-corrected chi connectivity index (χ2v) is 3.55. The number of hydrogen-bond donors (Lipinski definition) is 0. The zero-order chi connectivity index (χ0) is 12.5. The molecule has 0 radical (unpaired) electrons. The normalized spacial score (nSPS) is 11.9. The average molecular weight is 233 g/mol. The highest BCUT2D eigenvalue weighted by molar-refractivity contribution is 5.99. The predicted molar refractivity (Wildman–Crippen MR) is 51.5 cm³/mol. The van der Waals surface area contributed by atoms with E-state index in [0.717, 1.165) is 10.6 Å². The number of hydrogen-bond acceptors (Lipinski definition) is 2. The topological polar surface area (TPSA) is 39.1 Å². The van der Waals surface area contributed by atoms with E-state index in [1.165, 1.54) is 12.3 Å². The molecule has 0 spiro atoms. The Bertz CT molecular complexity index is 460. The molecule has 0 saturated carbocycles. The van der Waals surface area contributed by atoms with Crippen molar-refractivity contribution in [3.05, 3.63) is 34.2 Å². The van der Waals surface area contributed by atoms with Gasteiger partial charge >= 0.3 is 6.18 Å². The van der Waals surface area contributed by atoms with Gasteiger partial charge in [-0.1, -0.05) is 0 Å². The van der Waals surface area contributed by atoms with Gasteiger partial charge in [-0.2, -0.15) is 13.2 Å². The van der Waals surface area contributed by atoms with Crippen molar-refractivity contribution in [2.75, 3.05) is 0 Å². The number of Topliss-reactive ketones (excluding diaryl/α,β-unsaturated/α-hetero) is 1. The van der Waals surface area contributed by atoms with E-state index in [4.69, 9.17) is 0 Å². The van der Waals surface area contributed by atoms with Gasteiger partial charge in [0.05, 0.1) is 5.56 Å². The zero-order valence-corrected chi connectivity index (χ0v) is 8.71. The standard InChI is InChI=1S/C10H10F3NO2/c1-6(2)14-5-3-4-7(9(14)16)8(15)10(11,12)13/h3-6H,1-2H3. The van der Waals surface area contributed by atoms with Gasteiger partial charge in [-0.15, -0.1) is 0 Å². The molecule has 6 heteroatoms. The number of aromatic nitrogens is 1. The van der Waals surface area contributed by atoms with Crippen molar-refractivity contribution in [2.24, 2.45) is 0 Å². The van der Waals surface area contributed by atoms with Crippen molar-refractivity contribution in [1.82, 2.24) is 4.57 Å². The van der Waals surface area contributed by atoms with Gasteiger partial charge in [-0.25, -0.2) is 0 Å². The van der Waals surface area contributed by atoms with E-state index < -0.39 is 23.1 Å². The van der Waals surface area contributed by atoms with Crippen LogP contribution in [0.4, 0.5) is 13.2 Å². The third-order valence-electron chi connectivity index (χ3n) is 2.03. The summed E-state index contributed by atoms with van der Waals surface area (Å²) in [6.07, 6.45) is -3.67. The van der Waals surface area contributed by atoms with Crippen LogP contribution in [-0.2, 0) is 0 Å². The molecule has 0 saturated heterocycles. The first-order chi connectivity index (χ1) is 7.25. The van der Waals surface area contributed by atoms with Crippen LogP contribution in [0.3, 0.4) is 0 Å². The molecule has 0 bridgehead atoms. The Morgan fingerprint density at radius 2 is 1.94 bits per heavy atom. The number of carbonyl (C=O) groups is 1. The molecule has 1 aromatic heterocycles. The van der Waals surface area contributed by atoms with E-state index in [2.05, 4.69) is 0 Å². The maximum absolute atomic E-state index is 12.1. The second kappa shape index (κ2) is 4.11. The summed E-state index contributed by atoms with van der Waals surface area (Å²) < 4.78 is 37.5. The Labute approximate surface area is 89.5 Å². The molecule has 3 nitrogen and oxygen atoms in total. The molecule has 0 N–H and O–H groups in total. The van der Waals surface area contributed by atoms with E-state index in [9.17, 15) is 22.8 Å². The molecule has 0 amide bonds. The van der Waals surface area contributed by atoms with Gasteiger partial charge in [0.1, 0.15) is 0 Å². The molecule has 16 heavy (non-hydrogen) atoms. The first kappa shape index (κ1) is 12.5. The minimum Gasteiger partial charge on any atom is -0.312 e. The van der Waals surface area contributed by atoms with Crippen molar-refractivity contribution >= 4 is 5.78 Å². The minimum absolute atomic E-state index is 0.298. The summed E-state index contributed by atoms with van der Waals surface area (Å²) in [5.41, 5.74) is -1.76. The average Bonchev–Trinajstić information content (AvgIpc) is 2.15. The van der Waals surface area contributed by atoms with Gasteiger partial charge < -0.3 is 4.57 Å². The first-order valence-electron chi connectivity index (χ1n) is 4.58. The van der Waals surface area contributed by atoms with Gasteiger partial charge in [0.25, 0.3) is 11.3 Å². The highest BCUT2D eigenvalue weighted by Crippen LogP contribution is 2.19. The third kappa shape index (κ3) is 2.32. The molecule has 0 atom stereocenters. The van der Waals surface area contributed by atoms with Crippen molar-refractivity contribution in [2.45, 2.75) is 26.1 Å². The number of alkyl halides is 3. The number of ketones is 1. The fraction of sp³-hybridized carbons (Fsp3) is 0.400. The van der Waals surface area contributed by atoms with E-state index in [0.29, 0.717) is 0 Å². The van der Waals surface area contributed by atoms with E-state index in [1.807, 2.05) is 0 Å². The fourth-order valence-electron chi connectivity index (χ4n) is 1.24. The summed E-state index contributed by atoms with van der Waals surface area (Å²) in [4.78, 5) is 22.5. The van der Waals surface area contributed by atoms with Gasteiger partial charge in [-0.3, -0.25) is 9.59 Å². The maximum Gasteiger partial charge on any atom is 0.455 e. The summed E-state index contributed by atoms with van der Waals surface area (Å²) in [7, 11) is 0. The monoisotopic (exact) mass is 233 g/mol. The van der Waals surface area contributed by atoms with Crippen LogP contribution in [0, 0.1) is 0 Å². The summed E-state index contributed by atoms with van der Waals surface area (Å²) >= 11 is 0. The molecule has 0 fully saturated rings. The highest BCUT2D eigenvalue weighted by Gasteiger charge is 2.40. The van der Waals surface area contributed by atoms with Crippen LogP contribution in [0.15, 0.2) is 23.1 Å². The van der Waals surface area contributed by atoms with E-state index >= 15 is 0 Å². The lowest BCUT2D eigenvalue weighted by molar-refractivity contribution is -0.0886. The van der Waals surface area contributed by atoms with Gasteiger partial charge in [-0.05, 0) is 26.0 Å². The maximum atomic E-state index is 12.1. The molecule has 1 rings (SSSR count). The molecule has 0 aliphatic carbocycles. The third-order valence-corrected chi connectivity index (χ3v) is 2.03.